The molecule has 0 aliphatic heterocycles. The van der Waals surface area contributed by atoms with Gasteiger partial charge in [-0.15, -0.1) is 0 Å². The molecule has 0 unspecified atom stereocenters. The Balaban J connectivity index is 2.69. The van der Waals surface area contributed by atoms with Crippen molar-refractivity contribution in [3.8, 4) is 0 Å². The Bertz CT molecular complexity index is 440. The van der Waals surface area contributed by atoms with Gasteiger partial charge in [-0.25, -0.2) is 8.42 Å². The van der Waals surface area contributed by atoms with Gasteiger partial charge in [0.2, 0.25) is 0 Å². The lowest BCUT2D eigenvalue weighted by atomic mass is 10.1. The quantitative estimate of drug-likeness (QED) is 0.760. The van der Waals surface area contributed by atoms with Gasteiger partial charge in [-0.05, 0) is 17.5 Å². The first-order valence-corrected chi connectivity index (χ1v) is 7.88. The van der Waals surface area contributed by atoms with Crippen molar-refractivity contribution in [2.45, 2.75) is 38.5 Å². The van der Waals surface area contributed by atoms with Crippen LogP contribution < -0.4 is 5.73 Å². The van der Waals surface area contributed by atoms with Crippen molar-refractivity contribution < 1.29 is 8.42 Å². The van der Waals surface area contributed by atoms with Crippen LogP contribution in [0.5, 0.6) is 0 Å². The minimum atomic E-state index is -3.00. The largest absolute Gasteiger partial charge is 0.326 e. The van der Waals surface area contributed by atoms with E-state index in [1.54, 1.807) is 0 Å². The molecule has 0 heterocycles. The first-order chi connectivity index (χ1) is 8.09. The van der Waals surface area contributed by atoms with E-state index in [1.165, 1.54) is 0 Å². The third kappa shape index (κ3) is 4.88. The van der Waals surface area contributed by atoms with Gasteiger partial charge in [-0.2, -0.15) is 0 Å². The summed E-state index contributed by atoms with van der Waals surface area (Å²) in [4.78, 5) is 0. The molecular weight excluding hydrogens is 234 g/mol. The summed E-state index contributed by atoms with van der Waals surface area (Å²) < 4.78 is 23.8. The number of sulfone groups is 1. The van der Waals surface area contributed by atoms with Crippen LogP contribution in [0.3, 0.4) is 0 Å². The molecule has 0 amide bonds. The molecule has 0 aliphatic rings. The molecular formula is C13H21NO2S. The Morgan fingerprint density at radius 3 is 2.35 bits per heavy atom. The molecule has 0 atom stereocenters. The van der Waals surface area contributed by atoms with Crippen molar-refractivity contribution in [2.75, 3.05) is 5.75 Å². The van der Waals surface area contributed by atoms with Gasteiger partial charge in [0.05, 0.1) is 11.5 Å². The third-order valence-electron chi connectivity index (χ3n) is 2.77. The molecule has 0 saturated carbocycles. The fourth-order valence-corrected chi connectivity index (χ4v) is 3.32. The van der Waals surface area contributed by atoms with Crippen molar-refractivity contribution in [1.29, 1.82) is 0 Å². The molecule has 17 heavy (non-hydrogen) atoms. The van der Waals surface area contributed by atoms with E-state index in [1.807, 2.05) is 24.3 Å². The molecule has 0 bridgehead atoms. The molecule has 96 valence electrons. The summed E-state index contributed by atoms with van der Waals surface area (Å²) in [6, 6.07) is 7.47. The SMILES string of the molecule is CCCCCS(=O)(=O)Cc1ccccc1CN. The van der Waals surface area contributed by atoms with E-state index in [4.69, 9.17) is 5.73 Å². The van der Waals surface area contributed by atoms with E-state index in [0.29, 0.717) is 6.54 Å². The minimum Gasteiger partial charge on any atom is -0.326 e. The highest BCUT2D eigenvalue weighted by atomic mass is 32.2. The molecule has 0 saturated heterocycles. The van der Waals surface area contributed by atoms with Gasteiger partial charge in [0.15, 0.2) is 9.84 Å². The molecule has 1 rings (SSSR count). The zero-order valence-electron chi connectivity index (χ0n) is 10.4. The first-order valence-electron chi connectivity index (χ1n) is 6.06. The van der Waals surface area contributed by atoms with Crippen LogP contribution in [-0.2, 0) is 22.1 Å². The number of unbranched alkanes of at least 4 members (excludes halogenated alkanes) is 2. The summed E-state index contributed by atoms with van der Waals surface area (Å²) in [6.07, 6.45) is 2.76. The van der Waals surface area contributed by atoms with E-state index in [2.05, 4.69) is 6.92 Å². The summed E-state index contributed by atoms with van der Waals surface area (Å²) in [6.45, 7) is 2.46. The van der Waals surface area contributed by atoms with E-state index < -0.39 is 9.84 Å². The molecule has 0 spiro atoms. The number of rotatable bonds is 7. The molecule has 0 radical (unpaired) electrons. The molecule has 3 nitrogen and oxygen atoms in total. The van der Waals surface area contributed by atoms with Crippen LogP contribution >= 0.6 is 0 Å². The number of hydrogen-bond donors (Lipinski definition) is 1. The maximum absolute atomic E-state index is 11.9. The standard InChI is InChI=1S/C13H21NO2S/c1-2-3-6-9-17(15,16)11-13-8-5-4-7-12(13)10-14/h4-5,7-8H,2-3,6,9-11,14H2,1H3. The maximum Gasteiger partial charge on any atom is 0.154 e. The normalized spacial score (nSPS) is 11.6. The van der Waals surface area contributed by atoms with Crippen LogP contribution in [0.4, 0.5) is 0 Å². The summed E-state index contributed by atoms with van der Waals surface area (Å²) in [5, 5.41) is 0. The Morgan fingerprint density at radius 2 is 1.76 bits per heavy atom. The van der Waals surface area contributed by atoms with Gasteiger partial charge in [0.1, 0.15) is 0 Å². The zero-order valence-corrected chi connectivity index (χ0v) is 11.2. The van der Waals surface area contributed by atoms with Crippen molar-refractivity contribution in [3.05, 3.63) is 35.4 Å². The average molecular weight is 255 g/mol. The second-order valence-corrected chi connectivity index (χ2v) is 6.46. The van der Waals surface area contributed by atoms with Gasteiger partial charge < -0.3 is 5.73 Å². The van der Waals surface area contributed by atoms with Crippen molar-refractivity contribution in [3.63, 3.8) is 0 Å². The van der Waals surface area contributed by atoms with E-state index >= 15 is 0 Å². The summed E-state index contributed by atoms with van der Waals surface area (Å²) in [5.74, 6) is 0.393. The topological polar surface area (TPSA) is 60.2 Å². The third-order valence-corrected chi connectivity index (χ3v) is 4.43. The van der Waals surface area contributed by atoms with Crippen LogP contribution in [0.2, 0.25) is 0 Å². The highest BCUT2D eigenvalue weighted by Gasteiger charge is 2.13. The zero-order chi connectivity index (χ0) is 12.7. The highest BCUT2D eigenvalue weighted by molar-refractivity contribution is 7.90. The number of hydrogen-bond acceptors (Lipinski definition) is 3. The molecule has 1 aromatic rings. The number of nitrogens with two attached hydrogens (primary N) is 1. The van der Waals surface area contributed by atoms with Crippen LogP contribution in [0, 0.1) is 0 Å². The summed E-state index contributed by atoms with van der Waals surface area (Å²) in [7, 11) is -3.00. The molecule has 0 aliphatic carbocycles. The van der Waals surface area contributed by atoms with Crippen molar-refractivity contribution in [2.24, 2.45) is 5.73 Å². The first kappa shape index (κ1) is 14.2. The molecule has 0 aromatic heterocycles. The second kappa shape index (κ2) is 6.77. The van der Waals surface area contributed by atoms with Crippen LogP contribution in [-0.4, -0.2) is 14.2 Å². The van der Waals surface area contributed by atoms with Gasteiger partial charge in [0.25, 0.3) is 0 Å². The highest BCUT2D eigenvalue weighted by Crippen LogP contribution is 2.13. The van der Waals surface area contributed by atoms with E-state index in [0.717, 1.165) is 30.4 Å². The molecule has 4 heteroatoms. The monoisotopic (exact) mass is 255 g/mol. The van der Waals surface area contributed by atoms with Crippen molar-refractivity contribution >= 4 is 9.84 Å². The Hall–Kier alpha value is -0.870. The summed E-state index contributed by atoms with van der Waals surface area (Å²) >= 11 is 0. The minimum absolute atomic E-state index is 0.115. The predicted molar refractivity (Wildman–Crippen MR) is 71.3 cm³/mol. The molecule has 1 aromatic carbocycles. The van der Waals surface area contributed by atoms with Gasteiger partial charge in [-0.3, -0.25) is 0 Å². The smallest absolute Gasteiger partial charge is 0.154 e. The van der Waals surface area contributed by atoms with Crippen LogP contribution in [0.25, 0.3) is 0 Å². The average Bonchev–Trinajstić information content (AvgIpc) is 2.29. The fourth-order valence-electron chi connectivity index (χ4n) is 1.78. The van der Waals surface area contributed by atoms with Gasteiger partial charge in [-0.1, -0.05) is 44.0 Å². The Labute approximate surface area is 104 Å². The Kier molecular flexibility index (Phi) is 5.65. The van der Waals surface area contributed by atoms with E-state index in [9.17, 15) is 8.42 Å². The maximum atomic E-state index is 11.9. The second-order valence-electron chi connectivity index (χ2n) is 4.27. The van der Waals surface area contributed by atoms with Crippen LogP contribution in [0.15, 0.2) is 24.3 Å². The lowest BCUT2D eigenvalue weighted by Crippen LogP contribution is -2.12. The van der Waals surface area contributed by atoms with Crippen molar-refractivity contribution in [1.82, 2.24) is 0 Å². The Morgan fingerprint density at radius 1 is 1.12 bits per heavy atom. The lowest BCUT2D eigenvalue weighted by molar-refractivity contribution is 0.590. The summed E-state index contributed by atoms with van der Waals surface area (Å²) in [5.41, 5.74) is 7.36. The molecule has 2 N–H and O–H groups in total. The number of benzene rings is 1. The van der Waals surface area contributed by atoms with E-state index in [-0.39, 0.29) is 11.5 Å². The predicted octanol–water partition coefficient (Wildman–Crippen LogP) is 2.25. The fraction of sp³-hybridized carbons (Fsp3) is 0.538. The molecule has 0 fully saturated rings. The van der Waals surface area contributed by atoms with Gasteiger partial charge >= 0.3 is 0 Å². The lowest BCUT2D eigenvalue weighted by Gasteiger charge is -2.08. The van der Waals surface area contributed by atoms with Crippen LogP contribution in [0.1, 0.15) is 37.3 Å². The van der Waals surface area contributed by atoms with Gasteiger partial charge in [0, 0.05) is 6.54 Å².